The van der Waals surface area contributed by atoms with Gasteiger partial charge in [-0.3, -0.25) is 4.79 Å². The first-order valence-corrected chi connectivity index (χ1v) is 4.92. The summed E-state index contributed by atoms with van der Waals surface area (Å²) in [6.45, 7) is 1.97. The van der Waals surface area contributed by atoms with E-state index >= 15 is 0 Å². The van der Waals surface area contributed by atoms with Gasteiger partial charge in [0.2, 0.25) is 0 Å². The first-order valence-electron chi connectivity index (χ1n) is 4.51. The second-order valence-corrected chi connectivity index (χ2v) is 3.58. The molecular formula is C8H17N3O2S. The molecule has 0 aromatic carbocycles. The number of carboxylic acid groups (broad SMARTS) is 1. The van der Waals surface area contributed by atoms with Crippen molar-refractivity contribution < 1.29 is 9.90 Å². The average Bonchev–Trinajstić information content (AvgIpc) is 2.10. The van der Waals surface area contributed by atoms with Crippen molar-refractivity contribution in [2.45, 2.75) is 38.3 Å². The fourth-order valence-corrected chi connectivity index (χ4v) is 1.25. The van der Waals surface area contributed by atoms with E-state index in [-0.39, 0.29) is 11.2 Å². The van der Waals surface area contributed by atoms with Crippen LogP contribution < -0.4 is 16.8 Å². The highest BCUT2D eigenvalue weighted by atomic mass is 32.1. The van der Waals surface area contributed by atoms with E-state index in [2.05, 4.69) is 17.5 Å². The van der Waals surface area contributed by atoms with Gasteiger partial charge < -0.3 is 21.9 Å². The summed E-state index contributed by atoms with van der Waals surface area (Å²) in [6, 6.07) is -0.699. The van der Waals surface area contributed by atoms with Crippen LogP contribution in [0, 0.1) is 0 Å². The van der Waals surface area contributed by atoms with E-state index < -0.39 is 12.0 Å². The molecule has 6 heteroatoms. The van der Waals surface area contributed by atoms with Crippen molar-refractivity contribution in [3.05, 3.63) is 0 Å². The molecule has 0 spiro atoms. The maximum absolute atomic E-state index is 10.4. The van der Waals surface area contributed by atoms with Crippen LogP contribution in [-0.4, -0.2) is 28.3 Å². The number of hydrogen-bond acceptors (Lipinski definition) is 3. The summed E-state index contributed by atoms with van der Waals surface area (Å²) in [5.74, 6) is -0.977. The van der Waals surface area contributed by atoms with E-state index in [9.17, 15) is 4.79 Å². The maximum Gasteiger partial charge on any atom is 0.320 e. The van der Waals surface area contributed by atoms with Gasteiger partial charge in [-0.05, 0) is 31.5 Å². The van der Waals surface area contributed by atoms with Crippen LogP contribution in [0.25, 0.3) is 0 Å². The Kier molecular flexibility index (Phi) is 6.14. The zero-order valence-electron chi connectivity index (χ0n) is 8.19. The number of nitrogens with one attached hydrogen (secondary N) is 1. The molecule has 0 aromatic heterocycles. The van der Waals surface area contributed by atoms with Gasteiger partial charge in [0, 0.05) is 6.04 Å². The van der Waals surface area contributed by atoms with Crippen LogP contribution in [0.2, 0.25) is 0 Å². The molecule has 0 amide bonds. The molecule has 6 N–H and O–H groups in total. The number of carbonyl (C=O) groups is 1. The standard InChI is InChI=1S/C8H17N3O2S/c1-2-5(11-8(10)14)3-4-6(9)7(12)13/h5-6H,2-4,9H2,1H3,(H,12,13)(H3,10,11,14)/t5?,6-/m0/s1. The molecule has 0 radical (unpaired) electrons. The molecule has 2 atom stereocenters. The Bertz CT molecular complexity index is 211. The molecule has 0 rings (SSSR count). The third kappa shape index (κ3) is 5.71. The summed E-state index contributed by atoms with van der Waals surface area (Å²) >= 11 is 4.69. The van der Waals surface area contributed by atoms with Crippen molar-refractivity contribution in [1.82, 2.24) is 5.32 Å². The first-order chi connectivity index (χ1) is 6.47. The molecule has 0 bridgehead atoms. The predicted molar refractivity (Wildman–Crippen MR) is 58.8 cm³/mol. The third-order valence-electron chi connectivity index (χ3n) is 1.98. The SMILES string of the molecule is CCC(CC[C@H](N)C(=O)O)NC(N)=S. The highest BCUT2D eigenvalue weighted by molar-refractivity contribution is 7.80. The van der Waals surface area contributed by atoms with Crippen LogP contribution in [0.15, 0.2) is 0 Å². The molecule has 82 valence electrons. The highest BCUT2D eigenvalue weighted by Gasteiger charge is 2.14. The summed E-state index contributed by atoms with van der Waals surface area (Å²) in [7, 11) is 0. The van der Waals surface area contributed by atoms with Gasteiger partial charge in [-0.1, -0.05) is 6.92 Å². The number of carboxylic acids is 1. The van der Waals surface area contributed by atoms with Gasteiger partial charge in [0.15, 0.2) is 5.11 Å². The molecule has 0 aliphatic heterocycles. The van der Waals surface area contributed by atoms with Crippen LogP contribution in [0.5, 0.6) is 0 Å². The van der Waals surface area contributed by atoms with Crippen LogP contribution in [0.1, 0.15) is 26.2 Å². The maximum atomic E-state index is 10.4. The van der Waals surface area contributed by atoms with Crippen molar-refractivity contribution >= 4 is 23.3 Å². The summed E-state index contributed by atoms with van der Waals surface area (Å²) in [5.41, 5.74) is 10.7. The summed E-state index contributed by atoms with van der Waals surface area (Å²) in [6.07, 6.45) is 1.91. The van der Waals surface area contributed by atoms with E-state index in [1.165, 1.54) is 0 Å². The van der Waals surface area contributed by atoms with Crippen LogP contribution >= 0.6 is 12.2 Å². The Morgan fingerprint density at radius 1 is 1.57 bits per heavy atom. The molecule has 0 fully saturated rings. The zero-order chi connectivity index (χ0) is 11.1. The topological polar surface area (TPSA) is 101 Å². The molecular weight excluding hydrogens is 202 g/mol. The minimum Gasteiger partial charge on any atom is -0.480 e. The van der Waals surface area contributed by atoms with E-state index in [1.807, 2.05) is 6.92 Å². The minimum atomic E-state index is -0.977. The fourth-order valence-electron chi connectivity index (χ4n) is 1.08. The number of aliphatic carboxylic acids is 1. The lowest BCUT2D eigenvalue weighted by molar-refractivity contribution is -0.138. The lowest BCUT2D eigenvalue weighted by Gasteiger charge is -2.17. The molecule has 0 saturated heterocycles. The number of thiocarbonyl (C=S) groups is 1. The van der Waals surface area contributed by atoms with E-state index in [1.54, 1.807) is 0 Å². The van der Waals surface area contributed by atoms with Gasteiger partial charge in [-0.15, -0.1) is 0 Å². The number of rotatable bonds is 6. The Labute approximate surface area is 88.8 Å². The lowest BCUT2D eigenvalue weighted by Crippen LogP contribution is -2.40. The summed E-state index contributed by atoms with van der Waals surface area (Å²) in [4.78, 5) is 10.4. The Balaban J connectivity index is 3.83. The third-order valence-corrected chi connectivity index (χ3v) is 2.10. The Morgan fingerprint density at radius 3 is 2.50 bits per heavy atom. The monoisotopic (exact) mass is 219 g/mol. The van der Waals surface area contributed by atoms with Gasteiger partial charge in [0.05, 0.1) is 0 Å². The van der Waals surface area contributed by atoms with E-state index in [0.717, 1.165) is 6.42 Å². The minimum absolute atomic E-state index is 0.109. The van der Waals surface area contributed by atoms with Gasteiger partial charge in [0.25, 0.3) is 0 Å². The molecule has 14 heavy (non-hydrogen) atoms. The molecule has 0 aromatic rings. The van der Waals surface area contributed by atoms with Crippen molar-refractivity contribution in [1.29, 1.82) is 0 Å². The molecule has 0 aliphatic carbocycles. The summed E-state index contributed by atoms with van der Waals surface area (Å²) in [5, 5.41) is 11.7. The van der Waals surface area contributed by atoms with Crippen LogP contribution in [0.4, 0.5) is 0 Å². The highest BCUT2D eigenvalue weighted by Crippen LogP contribution is 2.03. The number of nitrogens with two attached hydrogens (primary N) is 2. The average molecular weight is 219 g/mol. The van der Waals surface area contributed by atoms with Gasteiger partial charge in [-0.25, -0.2) is 0 Å². The second kappa shape index (κ2) is 6.56. The number of hydrogen-bond donors (Lipinski definition) is 4. The summed E-state index contributed by atoms with van der Waals surface area (Å²) < 4.78 is 0. The molecule has 0 heterocycles. The second-order valence-electron chi connectivity index (χ2n) is 3.14. The predicted octanol–water partition coefficient (Wildman–Crippen LogP) is -0.210. The molecule has 0 aliphatic rings. The molecule has 1 unspecified atom stereocenters. The fraction of sp³-hybridized carbons (Fsp3) is 0.750. The Morgan fingerprint density at radius 2 is 2.14 bits per heavy atom. The van der Waals surface area contributed by atoms with E-state index in [0.29, 0.717) is 12.8 Å². The van der Waals surface area contributed by atoms with Gasteiger partial charge >= 0.3 is 5.97 Å². The largest absolute Gasteiger partial charge is 0.480 e. The van der Waals surface area contributed by atoms with Gasteiger partial charge in [-0.2, -0.15) is 0 Å². The Hall–Kier alpha value is -0.880. The van der Waals surface area contributed by atoms with Crippen molar-refractivity contribution in [2.24, 2.45) is 11.5 Å². The van der Waals surface area contributed by atoms with Gasteiger partial charge in [0.1, 0.15) is 6.04 Å². The first kappa shape index (κ1) is 13.1. The molecule has 5 nitrogen and oxygen atoms in total. The van der Waals surface area contributed by atoms with Crippen LogP contribution in [0.3, 0.4) is 0 Å². The van der Waals surface area contributed by atoms with Crippen molar-refractivity contribution in [3.8, 4) is 0 Å². The zero-order valence-corrected chi connectivity index (χ0v) is 9.01. The molecule has 0 saturated carbocycles. The normalized spacial score (nSPS) is 14.4. The lowest BCUT2D eigenvalue weighted by atomic mass is 10.1. The van der Waals surface area contributed by atoms with Crippen molar-refractivity contribution in [2.75, 3.05) is 0 Å². The quantitative estimate of drug-likeness (QED) is 0.461. The van der Waals surface area contributed by atoms with Crippen molar-refractivity contribution in [3.63, 3.8) is 0 Å². The van der Waals surface area contributed by atoms with E-state index in [4.69, 9.17) is 16.6 Å². The van der Waals surface area contributed by atoms with Crippen LogP contribution in [-0.2, 0) is 4.79 Å². The smallest absolute Gasteiger partial charge is 0.320 e.